The molecule has 6 heteroatoms. The van der Waals surface area contributed by atoms with E-state index in [1.807, 2.05) is 0 Å². The van der Waals surface area contributed by atoms with E-state index in [4.69, 9.17) is 5.73 Å². The number of aromatic nitrogens is 1. The summed E-state index contributed by atoms with van der Waals surface area (Å²) in [7, 11) is -1.61. The molecule has 0 atom stereocenters. The maximum absolute atomic E-state index is 11.9. The van der Waals surface area contributed by atoms with Crippen molar-refractivity contribution in [2.24, 2.45) is 18.7 Å². The Labute approximate surface area is 103 Å². The van der Waals surface area contributed by atoms with Gasteiger partial charge in [-0.25, -0.2) is 13.1 Å². The molecule has 0 aliphatic carbocycles. The average Bonchev–Trinajstić information content (AvgIpc) is 2.59. The molecule has 0 spiro atoms. The van der Waals surface area contributed by atoms with Crippen molar-refractivity contribution in [3.8, 4) is 0 Å². The highest BCUT2D eigenvalue weighted by molar-refractivity contribution is 7.89. The quantitative estimate of drug-likeness (QED) is 0.793. The van der Waals surface area contributed by atoms with E-state index < -0.39 is 10.0 Å². The first kappa shape index (κ1) is 14.2. The van der Waals surface area contributed by atoms with Crippen LogP contribution < -0.4 is 10.5 Å². The zero-order valence-corrected chi connectivity index (χ0v) is 11.4. The lowest BCUT2D eigenvalue weighted by Gasteiger charge is -2.06. The predicted molar refractivity (Wildman–Crippen MR) is 67.9 cm³/mol. The molecule has 1 aromatic rings. The lowest BCUT2D eigenvalue weighted by atomic mass is 10.1. The zero-order chi connectivity index (χ0) is 13.1. The van der Waals surface area contributed by atoms with Gasteiger partial charge < -0.3 is 10.3 Å². The van der Waals surface area contributed by atoms with Crippen molar-refractivity contribution in [3.05, 3.63) is 18.0 Å². The van der Waals surface area contributed by atoms with Gasteiger partial charge in [0.05, 0.1) is 4.90 Å². The minimum Gasteiger partial charge on any atom is -0.352 e. The van der Waals surface area contributed by atoms with Crippen LogP contribution in [0.3, 0.4) is 0 Å². The molecule has 1 rings (SSSR count). The van der Waals surface area contributed by atoms with Gasteiger partial charge in [0.1, 0.15) is 0 Å². The molecule has 5 nitrogen and oxygen atoms in total. The summed E-state index contributed by atoms with van der Waals surface area (Å²) in [5, 5.41) is 0. The summed E-state index contributed by atoms with van der Waals surface area (Å²) in [5.74, 6) is 0.480. The molecule has 0 saturated heterocycles. The van der Waals surface area contributed by atoms with Crippen LogP contribution in [0.4, 0.5) is 0 Å². The summed E-state index contributed by atoms with van der Waals surface area (Å²) in [6, 6.07) is 1.61. The summed E-state index contributed by atoms with van der Waals surface area (Å²) < 4.78 is 28.2. The van der Waals surface area contributed by atoms with Crippen LogP contribution in [0.1, 0.15) is 26.0 Å². The molecule has 0 aliphatic heterocycles. The highest BCUT2D eigenvalue weighted by atomic mass is 32.2. The van der Waals surface area contributed by atoms with Gasteiger partial charge in [-0.1, -0.05) is 13.8 Å². The summed E-state index contributed by atoms with van der Waals surface area (Å²) >= 11 is 0. The zero-order valence-electron chi connectivity index (χ0n) is 10.6. The maximum atomic E-state index is 11.9. The van der Waals surface area contributed by atoms with Crippen LogP contribution in [0.2, 0.25) is 0 Å². The second kappa shape index (κ2) is 5.66. The van der Waals surface area contributed by atoms with Crippen LogP contribution in [-0.2, 0) is 23.6 Å². The molecule has 0 amide bonds. The fourth-order valence-corrected chi connectivity index (χ4v) is 2.63. The predicted octanol–water partition coefficient (Wildman–Crippen LogP) is 0.808. The third kappa shape index (κ3) is 3.83. The van der Waals surface area contributed by atoms with Crippen LogP contribution in [0.5, 0.6) is 0 Å². The van der Waals surface area contributed by atoms with E-state index in [-0.39, 0.29) is 4.90 Å². The lowest BCUT2D eigenvalue weighted by Crippen LogP contribution is -2.25. The molecule has 1 aromatic heterocycles. The van der Waals surface area contributed by atoms with Crippen molar-refractivity contribution in [3.63, 3.8) is 0 Å². The van der Waals surface area contributed by atoms with Crippen LogP contribution in [0.25, 0.3) is 0 Å². The summed E-state index contributed by atoms with van der Waals surface area (Å²) in [6.07, 6.45) is 2.41. The van der Waals surface area contributed by atoms with Gasteiger partial charge in [-0.05, 0) is 18.4 Å². The number of aryl methyl sites for hydroxylation is 1. The Morgan fingerprint density at radius 1 is 1.47 bits per heavy atom. The normalized spacial score (nSPS) is 12.3. The van der Waals surface area contributed by atoms with Gasteiger partial charge >= 0.3 is 0 Å². The first-order valence-corrected chi connectivity index (χ1v) is 7.20. The Kier molecular flexibility index (Phi) is 4.73. The van der Waals surface area contributed by atoms with Crippen molar-refractivity contribution in [1.29, 1.82) is 0 Å². The van der Waals surface area contributed by atoms with E-state index >= 15 is 0 Å². The third-order valence-electron chi connectivity index (χ3n) is 2.62. The number of nitrogens with one attached hydrogen (secondary N) is 1. The molecule has 0 saturated carbocycles. The molecular formula is C11H21N3O2S. The third-order valence-corrected chi connectivity index (χ3v) is 4.04. The van der Waals surface area contributed by atoms with E-state index in [2.05, 4.69) is 18.6 Å². The maximum Gasteiger partial charge on any atom is 0.242 e. The number of rotatable bonds is 6. The Hall–Kier alpha value is -0.850. The van der Waals surface area contributed by atoms with E-state index in [9.17, 15) is 8.42 Å². The van der Waals surface area contributed by atoms with Gasteiger partial charge in [-0.2, -0.15) is 0 Å². The molecule has 3 N–H and O–H groups in total. The second-order valence-corrected chi connectivity index (χ2v) is 6.33. The fourth-order valence-electron chi connectivity index (χ4n) is 1.49. The lowest BCUT2D eigenvalue weighted by molar-refractivity contribution is 0.551. The summed E-state index contributed by atoms with van der Waals surface area (Å²) in [4.78, 5) is 0.282. The standard InChI is InChI=1S/C11H21N3O2S/c1-9(2)4-5-13-17(15,16)11-6-10(7-12)14(3)8-11/h6,8-9,13H,4-5,7,12H2,1-3H3. The molecule has 17 heavy (non-hydrogen) atoms. The minimum atomic E-state index is -3.39. The molecule has 0 aliphatic rings. The number of nitrogens with two attached hydrogens (primary N) is 1. The van der Waals surface area contributed by atoms with Crippen molar-refractivity contribution >= 4 is 10.0 Å². The first-order chi connectivity index (χ1) is 7.86. The summed E-state index contributed by atoms with van der Waals surface area (Å²) in [6.45, 7) is 4.91. The number of sulfonamides is 1. The van der Waals surface area contributed by atoms with E-state index in [1.54, 1.807) is 23.9 Å². The monoisotopic (exact) mass is 259 g/mol. The Morgan fingerprint density at radius 3 is 2.59 bits per heavy atom. The van der Waals surface area contributed by atoms with E-state index in [0.29, 0.717) is 19.0 Å². The van der Waals surface area contributed by atoms with Gasteiger partial charge in [-0.15, -0.1) is 0 Å². The fraction of sp³-hybridized carbons (Fsp3) is 0.636. The largest absolute Gasteiger partial charge is 0.352 e. The van der Waals surface area contributed by atoms with Crippen molar-refractivity contribution in [2.75, 3.05) is 6.54 Å². The van der Waals surface area contributed by atoms with Gasteiger partial charge in [0, 0.05) is 32.0 Å². The van der Waals surface area contributed by atoms with Gasteiger partial charge in [-0.3, -0.25) is 0 Å². The number of hydrogen-bond acceptors (Lipinski definition) is 3. The average molecular weight is 259 g/mol. The summed E-state index contributed by atoms with van der Waals surface area (Å²) in [5.41, 5.74) is 6.31. The molecule has 0 aromatic carbocycles. The topological polar surface area (TPSA) is 77.1 Å². The van der Waals surface area contributed by atoms with Crippen LogP contribution >= 0.6 is 0 Å². The smallest absolute Gasteiger partial charge is 0.242 e. The molecule has 0 bridgehead atoms. The van der Waals surface area contributed by atoms with Crippen molar-refractivity contribution in [1.82, 2.24) is 9.29 Å². The van der Waals surface area contributed by atoms with Gasteiger partial charge in [0.15, 0.2) is 0 Å². The molecular weight excluding hydrogens is 238 g/mol. The Balaban J connectivity index is 2.75. The molecule has 0 fully saturated rings. The second-order valence-electron chi connectivity index (χ2n) is 4.56. The molecule has 1 heterocycles. The highest BCUT2D eigenvalue weighted by Gasteiger charge is 2.16. The highest BCUT2D eigenvalue weighted by Crippen LogP contribution is 2.13. The van der Waals surface area contributed by atoms with E-state index in [0.717, 1.165) is 12.1 Å². The van der Waals surface area contributed by atoms with Crippen LogP contribution in [0.15, 0.2) is 17.2 Å². The Bertz CT molecular complexity index is 463. The Morgan fingerprint density at radius 2 is 2.12 bits per heavy atom. The SMILES string of the molecule is CC(C)CCNS(=O)(=O)c1cc(CN)n(C)c1. The number of nitrogens with zero attached hydrogens (tertiary/aromatic N) is 1. The van der Waals surface area contributed by atoms with Crippen molar-refractivity contribution in [2.45, 2.75) is 31.7 Å². The molecule has 0 unspecified atom stereocenters. The molecule has 98 valence electrons. The molecule has 0 radical (unpaired) electrons. The van der Waals surface area contributed by atoms with Crippen LogP contribution in [0, 0.1) is 5.92 Å². The number of hydrogen-bond donors (Lipinski definition) is 2. The van der Waals surface area contributed by atoms with Crippen LogP contribution in [-0.4, -0.2) is 19.5 Å². The van der Waals surface area contributed by atoms with Gasteiger partial charge in [0.2, 0.25) is 10.0 Å². The van der Waals surface area contributed by atoms with Gasteiger partial charge in [0.25, 0.3) is 0 Å². The first-order valence-electron chi connectivity index (χ1n) is 5.71. The van der Waals surface area contributed by atoms with E-state index in [1.165, 1.54) is 0 Å². The van der Waals surface area contributed by atoms with Crippen molar-refractivity contribution < 1.29 is 8.42 Å². The minimum absolute atomic E-state index is 0.282.